The number of rotatable bonds is 6. The Kier molecular flexibility index (Phi) is 5.87. The predicted molar refractivity (Wildman–Crippen MR) is 98.2 cm³/mol. The second-order valence-corrected chi connectivity index (χ2v) is 5.98. The van der Waals surface area contributed by atoms with E-state index in [1.54, 1.807) is 43.5 Å². The Balaban J connectivity index is 1.72. The van der Waals surface area contributed by atoms with Gasteiger partial charge in [0, 0.05) is 19.2 Å². The Morgan fingerprint density at radius 1 is 1.19 bits per heavy atom. The minimum atomic E-state index is -0.609. The Hall–Kier alpha value is -3.13. The third kappa shape index (κ3) is 4.53. The summed E-state index contributed by atoms with van der Waals surface area (Å²) in [5.74, 6) is 0.0989. The Morgan fingerprint density at radius 3 is 2.52 bits per heavy atom. The lowest BCUT2D eigenvalue weighted by Gasteiger charge is -2.28. The van der Waals surface area contributed by atoms with Crippen LogP contribution in [0.4, 0.5) is 11.4 Å². The molecule has 0 unspecified atom stereocenters. The molecule has 1 heterocycles. The number of ether oxygens (including phenoxy) is 3. The lowest BCUT2D eigenvalue weighted by atomic mass is 10.1. The molecule has 8 heteroatoms. The zero-order chi connectivity index (χ0) is 19.2. The average molecular weight is 372 g/mol. The van der Waals surface area contributed by atoms with Gasteiger partial charge in [-0.1, -0.05) is 12.1 Å². The molecule has 27 heavy (non-hydrogen) atoms. The maximum atomic E-state index is 12.3. The smallest absolute Gasteiger partial charge is 0.338 e. The third-order valence-corrected chi connectivity index (χ3v) is 4.29. The molecule has 1 saturated heterocycles. The van der Waals surface area contributed by atoms with E-state index in [1.165, 1.54) is 6.07 Å². The minimum absolute atomic E-state index is 0.0713. The molecule has 0 radical (unpaired) electrons. The number of benzene rings is 2. The molecule has 0 saturated carbocycles. The maximum absolute atomic E-state index is 12.3. The van der Waals surface area contributed by atoms with Crippen LogP contribution in [0, 0.1) is 10.1 Å². The minimum Gasteiger partial charge on any atom is -0.497 e. The van der Waals surface area contributed by atoms with E-state index in [4.69, 9.17) is 14.2 Å². The number of methoxy groups -OCH3 is 1. The van der Waals surface area contributed by atoms with E-state index >= 15 is 0 Å². The van der Waals surface area contributed by atoms with E-state index in [9.17, 15) is 14.9 Å². The van der Waals surface area contributed by atoms with Gasteiger partial charge in [0.1, 0.15) is 18.0 Å². The summed E-state index contributed by atoms with van der Waals surface area (Å²) in [4.78, 5) is 25.2. The molecule has 0 N–H and O–H groups in total. The predicted octanol–water partition coefficient (Wildman–Crippen LogP) is 2.80. The number of nitro benzene ring substituents is 1. The van der Waals surface area contributed by atoms with Crippen LogP contribution in [-0.4, -0.2) is 44.3 Å². The van der Waals surface area contributed by atoms with Crippen molar-refractivity contribution in [2.45, 2.75) is 6.61 Å². The number of esters is 1. The van der Waals surface area contributed by atoms with Gasteiger partial charge in [0.05, 0.1) is 30.8 Å². The highest BCUT2D eigenvalue weighted by Crippen LogP contribution is 2.30. The molecule has 0 amide bonds. The number of morpholine rings is 1. The summed E-state index contributed by atoms with van der Waals surface area (Å²) in [6, 6.07) is 11.5. The molecule has 0 aliphatic carbocycles. The molecule has 8 nitrogen and oxygen atoms in total. The average Bonchev–Trinajstić information content (AvgIpc) is 2.72. The number of anilines is 1. The Morgan fingerprint density at radius 2 is 1.89 bits per heavy atom. The zero-order valence-corrected chi connectivity index (χ0v) is 14.9. The summed E-state index contributed by atoms with van der Waals surface area (Å²) in [6.45, 7) is 2.25. The van der Waals surface area contributed by atoms with Crippen LogP contribution in [0.1, 0.15) is 15.9 Å². The van der Waals surface area contributed by atoms with Crippen LogP contribution in [0.3, 0.4) is 0 Å². The number of carbonyl (C=O) groups is 1. The highest BCUT2D eigenvalue weighted by Gasteiger charge is 2.23. The Bertz CT molecular complexity index is 815. The summed E-state index contributed by atoms with van der Waals surface area (Å²) < 4.78 is 15.6. The number of hydrogen-bond acceptors (Lipinski definition) is 7. The van der Waals surface area contributed by atoms with Gasteiger partial charge in [-0.15, -0.1) is 0 Å². The van der Waals surface area contributed by atoms with Crippen molar-refractivity contribution in [3.63, 3.8) is 0 Å². The molecule has 0 atom stereocenters. The van der Waals surface area contributed by atoms with Crippen molar-refractivity contribution < 1.29 is 23.9 Å². The first-order valence-corrected chi connectivity index (χ1v) is 8.49. The third-order valence-electron chi connectivity index (χ3n) is 4.29. The van der Waals surface area contributed by atoms with E-state index in [0.717, 1.165) is 5.56 Å². The molecule has 142 valence electrons. The van der Waals surface area contributed by atoms with E-state index in [0.29, 0.717) is 37.7 Å². The van der Waals surface area contributed by atoms with Gasteiger partial charge < -0.3 is 19.1 Å². The summed E-state index contributed by atoms with van der Waals surface area (Å²) >= 11 is 0. The number of hydrogen-bond donors (Lipinski definition) is 0. The zero-order valence-electron chi connectivity index (χ0n) is 14.9. The molecular formula is C19H20N2O6. The summed E-state index contributed by atoms with van der Waals surface area (Å²) in [5.41, 5.74) is 1.31. The van der Waals surface area contributed by atoms with Crippen LogP contribution in [0.15, 0.2) is 42.5 Å². The molecule has 2 aromatic rings. The largest absolute Gasteiger partial charge is 0.497 e. The lowest BCUT2D eigenvalue weighted by molar-refractivity contribution is -0.384. The van der Waals surface area contributed by atoms with Crippen LogP contribution < -0.4 is 9.64 Å². The van der Waals surface area contributed by atoms with Crippen molar-refractivity contribution in [2.24, 2.45) is 0 Å². The van der Waals surface area contributed by atoms with Gasteiger partial charge in [0.15, 0.2) is 0 Å². The van der Waals surface area contributed by atoms with Crippen molar-refractivity contribution in [3.05, 3.63) is 63.7 Å². The highest BCUT2D eigenvalue weighted by molar-refractivity contribution is 5.91. The molecule has 1 aliphatic heterocycles. The van der Waals surface area contributed by atoms with Crippen LogP contribution in [0.5, 0.6) is 5.75 Å². The van der Waals surface area contributed by atoms with Gasteiger partial charge >= 0.3 is 5.97 Å². The number of carbonyl (C=O) groups excluding carboxylic acids is 1. The molecule has 1 fully saturated rings. The standard InChI is InChI=1S/C19H20N2O6/c1-25-16-5-2-14(3-6-16)13-27-19(22)15-4-7-17(18(12-15)21(23)24)20-8-10-26-11-9-20/h2-7,12H,8-11,13H2,1H3. The molecule has 2 aromatic carbocycles. The van der Waals surface area contributed by atoms with Crippen LogP contribution in [0.2, 0.25) is 0 Å². The first-order chi connectivity index (χ1) is 13.1. The van der Waals surface area contributed by atoms with Gasteiger partial charge in [-0.25, -0.2) is 4.79 Å². The first-order valence-electron chi connectivity index (χ1n) is 8.49. The van der Waals surface area contributed by atoms with Gasteiger partial charge in [-0.2, -0.15) is 0 Å². The van der Waals surface area contributed by atoms with Gasteiger partial charge in [-0.05, 0) is 29.8 Å². The van der Waals surface area contributed by atoms with Crippen molar-refractivity contribution in [1.29, 1.82) is 0 Å². The SMILES string of the molecule is COc1ccc(COC(=O)c2ccc(N3CCOCC3)c([N+](=O)[O-])c2)cc1. The van der Waals surface area contributed by atoms with E-state index < -0.39 is 10.9 Å². The lowest BCUT2D eigenvalue weighted by Crippen LogP contribution is -2.36. The fourth-order valence-corrected chi connectivity index (χ4v) is 2.82. The summed E-state index contributed by atoms with van der Waals surface area (Å²) in [6.07, 6.45) is 0. The maximum Gasteiger partial charge on any atom is 0.338 e. The van der Waals surface area contributed by atoms with Gasteiger partial charge in [0.25, 0.3) is 5.69 Å². The molecule has 0 aromatic heterocycles. The van der Waals surface area contributed by atoms with Crippen LogP contribution in [0.25, 0.3) is 0 Å². The normalized spacial score (nSPS) is 13.9. The van der Waals surface area contributed by atoms with E-state index in [1.807, 2.05) is 4.90 Å². The van der Waals surface area contributed by atoms with E-state index in [-0.39, 0.29) is 17.9 Å². The summed E-state index contributed by atoms with van der Waals surface area (Å²) in [5, 5.41) is 11.5. The van der Waals surface area contributed by atoms with E-state index in [2.05, 4.69) is 0 Å². The quantitative estimate of drug-likeness (QED) is 0.437. The van der Waals surface area contributed by atoms with Crippen LogP contribution >= 0.6 is 0 Å². The first kappa shape index (κ1) is 18.7. The summed E-state index contributed by atoms with van der Waals surface area (Å²) in [7, 11) is 1.57. The van der Waals surface area contributed by atoms with Gasteiger partial charge in [-0.3, -0.25) is 10.1 Å². The van der Waals surface area contributed by atoms with Gasteiger partial charge in [0.2, 0.25) is 0 Å². The molecule has 1 aliphatic rings. The molecule has 3 rings (SSSR count). The highest BCUT2D eigenvalue weighted by atomic mass is 16.6. The second kappa shape index (κ2) is 8.50. The van der Waals surface area contributed by atoms with Crippen molar-refractivity contribution >= 4 is 17.3 Å². The van der Waals surface area contributed by atoms with Crippen molar-refractivity contribution in [2.75, 3.05) is 38.3 Å². The number of nitro groups is 1. The Labute approximate surface area is 156 Å². The van der Waals surface area contributed by atoms with Crippen LogP contribution in [-0.2, 0) is 16.1 Å². The number of nitrogens with zero attached hydrogens (tertiary/aromatic N) is 2. The monoisotopic (exact) mass is 372 g/mol. The molecular weight excluding hydrogens is 352 g/mol. The topological polar surface area (TPSA) is 91.1 Å². The second-order valence-electron chi connectivity index (χ2n) is 5.98. The van der Waals surface area contributed by atoms with Crippen molar-refractivity contribution in [1.82, 2.24) is 0 Å². The van der Waals surface area contributed by atoms with Crippen molar-refractivity contribution in [3.8, 4) is 5.75 Å². The fraction of sp³-hybridized carbons (Fsp3) is 0.316. The molecule has 0 bridgehead atoms. The fourth-order valence-electron chi connectivity index (χ4n) is 2.82. The molecule has 0 spiro atoms.